The van der Waals surface area contributed by atoms with Gasteiger partial charge in [0.15, 0.2) is 0 Å². The number of piperazine rings is 1. The summed E-state index contributed by atoms with van der Waals surface area (Å²) in [5.41, 5.74) is 1.80. The van der Waals surface area contributed by atoms with E-state index < -0.39 is 0 Å². The van der Waals surface area contributed by atoms with Crippen LogP contribution in [0.3, 0.4) is 0 Å². The minimum atomic E-state index is -0.219. The molecule has 162 valence electrons. The number of carbonyl (C=O) groups is 1. The van der Waals surface area contributed by atoms with Crippen LogP contribution in [0.15, 0.2) is 42.5 Å². The van der Waals surface area contributed by atoms with E-state index in [0.717, 1.165) is 49.8 Å². The fraction of sp³-hybridized carbons (Fsp3) is 0.435. The molecule has 7 nitrogen and oxygen atoms in total. The Morgan fingerprint density at radius 3 is 2.33 bits per heavy atom. The quantitative estimate of drug-likeness (QED) is 0.718. The summed E-state index contributed by atoms with van der Waals surface area (Å²) in [4.78, 5) is 17.3. The van der Waals surface area contributed by atoms with Gasteiger partial charge in [-0.2, -0.15) is 0 Å². The fourth-order valence-corrected chi connectivity index (χ4v) is 3.71. The fourth-order valence-electron chi connectivity index (χ4n) is 3.71. The van der Waals surface area contributed by atoms with Crippen LogP contribution in [0.2, 0.25) is 0 Å². The lowest BCUT2D eigenvalue weighted by Crippen LogP contribution is -2.52. The van der Waals surface area contributed by atoms with E-state index in [1.807, 2.05) is 49.4 Å². The highest BCUT2D eigenvalue weighted by molar-refractivity contribution is 5.95. The van der Waals surface area contributed by atoms with Crippen LogP contribution < -0.4 is 19.5 Å². The van der Waals surface area contributed by atoms with Crippen LogP contribution in [-0.4, -0.2) is 69.3 Å². The molecule has 2 aromatic carbocycles. The van der Waals surface area contributed by atoms with Gasteiger partial charge in [-0.15, -0.1) is 0 Å². The third kappa shape index (κ3) is 5.23. The van der Waals surface area contributed by atoms with Crippen molar-refractivity contribution in [3.63, 3.8) is 0 Å². The summed E-state index contributed by atoms with van der Waals surface area (Å²) in [5.74, 6) is 2.33. The Bertz CT molecular complexity index is 850. The maximum Gasteiger partial charge on any atom is 0.241 e. The number of hydrogen-bond acceptors (Lipinski definition) is 6. The lowest BCUT2D eigenvalue weighted by Gasteiger charge is -2.37. The van der Waals surface area contributed by atoms with E-state index in [-0.39, 0.29) is 11.9 Å². The minimum Gasteiger partial charge on any atom is -0.497 e. The maximum atomic E-state index is 12.8. The zero-order chi connectivity index (χ0) is 21.5. The first-order chi connectivity index (χ1) is 14.5. The predicted octanol–water partition coefficient (Wildman–Crippen LogP) is 2.86. The molecule has 7 heteroatoms. The molecule has 2 aromatic rings. The molecule has 0 aliphatic carbocycles. The van der Waals surface area contributed by atoms with E-state index in [9.17, 15) is 4.79 Å². The number of ether oxygens (including phenoxy) is 3. The van der Waals surface area contributed by atoms with Crippen LogP contribution in [0.5, 0.6) is 17.2 Å². The maximum absolute atomic E-state index is 12.8. The first-order valence-corrected chi connectivity index (χ1v) is 10.2. The third-order valence-corrected chi connectivity index (χ3v) is 5.58. The molecule has 1 aliphatic rings. The topological polar surface area (TPSA) is 63.3 Å². The van der Waals surface area contributed by atoms with Crippen molar-refractivity contribution in [1.29, 1.82) is 0 Å². The first-order valence-electron chi connectivity index (χ1n) is 10.2. The normalized spacial score (nSPS) is 16.0. The van der Waals surface area contributed by atoms with Crippen LogP contribution in [-0.2, 0) is 11.3 Å². The van der Waals surface area contributed by atoms with Gasteiger partial charge in [-0.1, -0.05) is 12.1 Å². The van der Waals surface area contributed by atoms with Crippen LogP contribution in [0, 0.1) is 0 Å². The van der Waals surface area contributed by atoms with Gasteiger partial charge in [-0.05, 0) is 37.3 Å². The molecule has 1 aliphatic heterocycles. The van der Waals surface area contributed by atoms with Gasteiger partial charge in [-0.3, -0.25) is 14.6 Å². The number of para-hydroxylation sites is 2. The van der Waals surface area contributed by atoms with E-state index >= 15 is 0 Å². The number of carbonyl (C=O) groups excluding carboxylic acids is 1. The lowest BCUT2D eigenvalue weighted by atomic mass is 10.1. The zero-order valence-electron chi connectivity index (χ0n) is 18.2. The average molecular weight is 414 g/mol. The number of nitrogens with one attached hydrogen (secondary N) is 1. The second-order valence-electron chi connectivity index (χ2n) is 7.36. The molecule has 1 amide bonds. The number of amides is 1. The number of anilines is 1. The molecule has 0 unspecified atom stereocenters. The lowest BCUT2D eigenvalue weighted by molar-refractivity contribution is -0.121. The highest BCUT2D eigenvalue weighted by Gasteiger charge is 2.26. The Kier molecular flexibility index (Phi) is 7.54. The van der Waals surface area contributed by atoms with Crippen LogP contribution in [0.4, 0.5) is 5.69 Å². The summed E-state index contributed by atoms with van der Waals surface area (Å²) in [5, 5.41) is 2.99. The van der Waals surface area contributed by atoms with E-state index in [0.29, 0.717) is 11.4 Å². The van der Waals surface area contributed by atoms with E-state index in [2.05, 4.69) is 15.1 Å². The third-order valence-electron chi connectivity index (χ3n) is 5.58. The Labute approximate surface area is 178 Å². The van der Waals surface area contributed by atoms with E-state index in [1.165, 1.54) is 0 Å². The number of benzene rings is 2. The summed E-state index contributed by atoms with van der Waals surface area (Å²) >= 11 is 0. The Morgan fingerprint density at radius 1 is 0.967 bits per heavy atom. The molecule has 0 spiro atoms. The van der Waals surface area contributed by atoms with Crippen molar-refractivity contribution in [3.05, 3.63) is 48.0 Å². The van der Waals surface area contributed by atoms with Gasteiger partial charge in [-0.25, -0.2) is 0 Å². The SMILES string of the molecule is COc1ccc(OC)c(CN2CCN([C@H](C)C(=O)Nc3ccccc3OC)CC2)c1. The van der Waals surface area contributed by atoms with Gasteiger partial charge in [0.2, 0.25) is 5.91 Å². The molecular weight excluding hydrogens is 382 g/mol. The van der Waals surface area contributed by atoms with Gasteiger partial charge in [0.1, 0.15) is 17.2 Å². The average Bonchev–Trinajstić information content (AvgIpc) is 2.79. The largest absolute Gasteiger partial charge is 0.497 e. The number of hydrogen-bond donors (Lipinski definition) is 1. The molecule has 1 fully saturated rings. The van der Waals surface area contributed by atoms with Crippen molar-refractivity contribution in [3.8, 4) is 17.2 Å². The highest BCUT2D eigenvalue weighted by atomic mass is 16.5. The second-order valence-corrected chi connectivity index (χ2v) is 7.36. The molecule has 1 saturated heterocycles. The van der Waals surface area contributed by atoms with Crippen LogP contribution in [0.1, 0.15) is 12.5 Å². The van der Waals surface area contributed by atoms with Crippen molar-refractivity contribution in [1.82, 2.24) is 9.80 Å². The smallest absolute Gasteiger partial charge is 0.241 e. The second kappa shape index (κ2) is 10.3. The molecule has 0 aromatic heterocycles. The van der Waals surface area contributed by atoms with Crippen molar-refractivity contribution in [2.45, 2.75) is 19.5 Å². The Hall–Kier alpha value is -2.77. The molecule has 0 bridgehead atoms. The first kappa shape index (κ1) is 21.9. The van der Waals surface area contributed by atoms with Gasteiger partial charge >= 0.3 is 0 Å². The summed E-state index contributed by atoms with van der Waals surface area (Å²) in [6.07, 6.45) is 0. The van der Waals surface area contributed by atoms with Gasteiger partial charge in [0.05, 0.1) is 33.1 Å². The molecule has 1 atom stereocenters. The zero-order valence-corrected chi connectivity index (χ0v) is 18.2. The van der Waals surface area contributed by atoms with Gasteiger partial charge in [0, 0.05) is 38.3 Å². The minimum absolute atomic E-state index is 0.0255. The molecule has 1 heterocycles. The van der Waals surface area contributed by atoms with Gasteiger partial charge in [0.25, 0.3) is 0 Å². The van der Waals surface area contributed by atoms with Crippen molar-refractivity contribution < 1.29 is 19.0 Å². The number of rotatable bonds is 8. The molecule has 1 N–H and O–H groups in total. The van der Waals surface area contributed by atoms with Gasteiger partial charge < -0.3 is 19.5 Å². The number of methoxy groups -OCH3 is 3. The van der Waals surface area contributed by atoms with Crippen LogP contribution in [0.25, 0.3) is 0 Å². The predicted molar refractivity (Wildman–Crippen MR) is 117 cm³/mol. The highest BCUT2D eigenvalue weighted by Crippen LogP contribution is 2.26. The standard InChI is InChI=1S/C23H31N3O4/c1-17(23(27)24-20-7-5-6-8-22(20)30-4)26-13-11-25(12-14-26)16-18-15-19(28-2)9-10-21(18)29-3/h5-10,15,17H,11-14,16H2,1-4H3,(H,24,27)/t17-/m1/s1. The van der Waals surface area contributed by atoms with Crippen molar-refractivity contribution >= 4 is 11.6 Å². The monoisotopic (exact) mass is 413 g/mol. The molecule has 0 saturated carbocycles. The van der Waals surface area contributed by atoms with Crippen molar-refractivity contribution in [2.75, 3.05) is 52.8 Å². The number of nitrogens with zero attached hydrogens (tertiary/aromatic N) is 2. The van der Waals surface area contributed by atoms with E-state index in [1.54, 1.807) is 21.3 Å². The van der Waals surface area contributed by atoms with Crippen LogP contribution >= 0.6 is 0 Å². The molecule has 30 heavy (non-hydrogen) atoms. The molecule has 3 rings (SSSR count). The molecule has 0 radical (unpaired) electrons. The summed E-state index contributed by atoms with van der Waals surface area (Å²) in [7, 11) is 4.96. The Balaban J connectivity index is 1.55. The van der Waals surface area contributed by atoms with E-state index in [4.69, 9.17) is 14.2 Å². The summed E-state index contributed by atoms with van der Waals surface area (Å²) in [6, 6.07) is 13.1. The summed E-state index contributed by atoms with van der Waals surface area (Å²) in [6.45, 7) is 6.15. The summed E-state index contributed by atoms with van der Waals surface area (Å²) < 4.78 is 16.2. The van der Waals surface area contributed by atoms with Crippen molar-refractivity contribution in [2.24, 2.45) is 0 Å². The Morgan fingerprint density at radius 2 is 1.67 bits per heavy atom. The molecular formula is C23H31N3O4.